The number of nitrogens with one attached hydrogen (secondary N) is 1. The highest BCUT2D eigenvalue weighted by atomic mass is 16.5. The first-order valence-electron chi connectivity index (χ1n) is 10.9. The summed E-state index contributed by atoms with van der Waals surface area (Å²) in [4.78, 5) is 8.19. The molecule has 1 saturated carbocycles. The van der Waals surface area contributed by atoms with Crippen LogP contribution >= 0.6 is 0 Å². The van der Waals surface area contributed by atoms with Crippen LogP contribution in [0.2, 0.25) is 0 Å². The third-order valence-corrected chi connectivity index (χ3v) is 6.80. The zero-order valence-electron chi connectivity index (χ0n) is 17.7. The lowest BCUT2D eigenvalue weighted by atomic mass is 9.74. The van der Waals surface area contributed by atoms with Gasteiger partial charge in [0.15, 0.2) is 0 Å². The molecule has 5 rings (SSSR count). The highest BCUT2D eigenvalue weighted by Gasteiger charge is 2.66. The van der Waals surface area contributed by atoms with Gasteiger partial charge < -0.3 is 20.2 Å². The van der Waals surface area contributed by atoms with Crippen LogP contribution in [-0.2, 0) is 10.3 Å². The van der Waals surface area contributed by atoms with Gasteiger partial charge in [-0.05, 0) is 66.8 Å². The summed E-state index contributed by atoms with van der Waals surface area (Å²) in [6.07, 6.45) is 13.1. The topological polar surface area (TPSA) is 72.6 Å². The highest BCUT2D eigenvalue weighted by Crippen LogP contribution is 2.65. The van der Waals surface area contributed by atoms with E-state index in [1.807, 2.05) is 6.20 Å². The third kappa shape index (κ3) is 2.87. The van der Waals surface area contributed by atoms with Crippen LogP contribution in [0.4, 0.5) is 0 Å². The van der Waals surface area contributed by atoms with Crippen molar-refractivity contribution >= 4 is 23.7 Å². The van der Waals surface area contributed by atoms with Gasteiger partial charge in [-0.25, -0.2) is 4.99 Å². The smallest absolute Gasteiger partial charge is 0.283 e. The van der Waals surface area contributed by atoms with Crippen molar-refractivity contribution in [2.45, 2.75) is 45.1 Å². The van der Waals surface area contributed by atoms with E-state index < -0.39 is 5.54 Å². The van der Waals surface area contributed by atoms with Crippen molar-refractivity contribution in [3.05, 3.63) is 58.2 Å². The van der Waals surface area contributed by atoms with Crippen LogP contribution in [0.25, 0.3) is 17.7 Å². The first-order valence-corrected chi connectivity index (χ1v) is 10.9. The predicted molar refractivity (Wildman–Crippen MR) is 120 cm³/mol. The van der Waals surface area contributed by atoms with Gasteiger partial charge in [-0.2, -0.15) is 0 Å². The van der Waals surface area contributed by atoms with E-state index in [0.29, 0.717) is 19.2 Å². The second-order valence-electron chi connectivity index (χ2n) is 8.61. The van der Waals surface area contributed by atoms with Crippen LogP contribution < -0.4 is 21.0 Å². The number of rotatable bonds is 4. The molecule has 2 spiro atoms. The molecule has 1 unspecified atom stereocenters. The van der Waals surface area contributed by atoms with E-state index in [1.165, 1.54) is 16.1 Å². The van der Waals surface area contributed by atoms with Gasteiger partial charge in [0, 0.05) is 22.5 Å². The Balaban J connectivity index is 1.60. The van der Waals surface area contributed by atoms with Gasteiger partial charge in [-0.1, -0.05) is 31.6 Å². The van der Waals surface area contributed by atoms with Crippen LogP contribution in [-0.4, -0.2) is 24.2 Å². The number of hydrogen-bond donors (Lipinski definition) is 2. The van der Waals surface area contributed by atoms with E-state index in [1.54, 1.807) is 0 Å². The monoisotopic (exact) mass is 403 g/mol. The van der Waals surface area contributed by atoms with Gasteiger partial charge in [0.1, 0.15) is 17.9 Å². The van der Waals surface area contributed by atoms with Crippen molar-refractivity contribution in [3.8, 4) is 5.75 Å². The number of aromatic nitrogens is 1. The third-order valence-electron chi connectivity index (χ3n) is 6.80. The summed E-state index contributed by atoms with van der Waals surface area (Å²) in [5, 5.41) is 2.37. The molecule has 30 heavy (non-hydrogen) atoms. The van der Waals surface area contributed by atoms with E-state index in [2.05, 4.69) is 61.3 Å². The highest BCUT2D eigenvalue weighted by molar-refractivity contribution is 5.89. The molecule has 5 nitrogen and oxygen atoms in total. The number of fused-ring (bicyclic) bond motifs is 3. The zero-order chi connectivity index (χ0) is 20.8. The maximum absolute atomic E-state index is 6.16. The second kappa shape index (κ2) is 7.08. The van der Waals surface area contributed by atoms with Crippen molar-refractivity contribution in [3.63, 3.8) is 0 Å². The lowest BCUT2D eigenvalue weighted by Crippen LogP contribution is -2.44. The minimum Gasteiger partial charge on any atom is -0.493 e. The number of aromatic amines is 1. The second-order valence-corrected chi connectivity index (χ2v) is 8.61. The van der Waals surface area contributed by atoms with Crippen molar-refractivity contribution in [1.29, 1.82) is 0 Å². The van der Waals surface area contributed by atoms with Gasteiger partial charge in [0.05, 0.1) is 6.61 Å². The van der Waals surface area contributed by atoms with Crippen LogP contribution in [0.5, 0.6) is 5.75 Å². The molecule has 1 atom stereocenters. The van der Waals surface area contributed by atoms with Crippen LogP contribution in [0, 0.1) is 5.41 Å². The number of aliphatic imine (C=N–C) groups is 1. The molecule has 0 bridgehead atoms. The number of benzene rings is 1. The van der Waals surface area contributed by atoms with Crippen LogP contribution in [0.3, 0.4) is 0 Å². The molecule has 0 saturated heterocycles. The molecule has 1 fully saturated rings. The zero-order valence-corrected chi connectivity index (χ0v) is 17.7. The number of allylic oxidation sites excluding steroid dienone is 2. The molecule has 0 amide bonds. The first-order chi connectivity index (χ1) is 14.6. The largest absolute Gasteiger partial charge is 0.493 e. The van der Waals surface area contributed by atoms with Gasteiger partial charge in [0.2, 0.25) is 0 Å². The van der Waals surface area contributed by atoms with E-state index in [-0.39, 0.29) is 5.41 Å². The number of ether oxygens (including phenoxy) is 2. The van der Waals surface area contributed by atoms with Crippen LogP contribution in [0.15, 0.2) is 41.5 Å². The fourth-order valence-corrected chi connectivity index (χ4v) is 4.82. The summed E-state index contributed by atoms with van der Waals surface area (Å²) < 4.78 is 11.8. The van der Waals surface area contributed by atoms with Gasteiger partial charge in [-0.15, -0.1) is 0 Å². The molecule has 3 aliphatic rings. The van der Waals surface area contributed by atoms with Crippen molar-refractivity contribution in [2.24, 2.45) is 16.1 Å². The Morgan fingerprint density at radius 2 is 2.10 bits per heavy atom. The minimum atomic E-state index is -0.423. The standard InChI is InChI=1S/C25H29N3O2/c1-3-5-6-21-19(9-12-27-21)13-17(4-2)18-7-8-22-20(14-18)25(16-30-23(26)28-25)24(10-11-24)15-29-22/h4,6-9,12-14,27H,3,5,10-11,15-16H2,1-2H3,(H2,26,28)/b17-4+,19-13-,21-6-. The van der Waals surface area contributed by atoms with Gasteiger partial charge >= 0.3 is 0 Å². The summed E-state index contributed by atoms with van der Waals surface area (Å²) in [6.45, 7) is 5.46. The van der Waals surface area contributed by atoms with Crippen molar-refractivity contribution in [1.82, 2.24) is 4.98 Å². The Kier molecular flexibility index (Phi) is 4.49. The normalized spacial score (nSPS) is 25.3. The predicted octanol–water partition coefficient (Wildman–Crippen LogP) is 3.19. The minimum absolute atomic E-state index is 0.0163. The average molecular weight is 404 g/mol. The number of nitrogens with zero attached hydrogens (tertiary/aromatic N) is 1. The SMILES string of the molecule is C\C=C(/C=c1/cc[nH]/c1=C\CCC)c1ccc2c(c1)C1(COC(N)=N1)C1(CC1)CO2. The summed E-state index contributed by atoms with van der Waals surface area (Å²) in [5.74, 6) is 0.896. The maximum Gasteiger partial charge on any atom is 0.283 e. The molecule has 2 aliphatic heterocycles. The van der Waals surface area contributed by atoms with E-state index >= 15 is 0 Å². The van der Waals surface area contributed by atoms with E-state index in [0.717, 1.165) is 42.6 Å². The number of H-pyrrole nitrogens is 1. The molecule has 2 aromatic rings. The molecule has 3 heterocycles. The number of nitrogens with two attached hydrogens (primary N) is 1. The number of hydrogen-bond acceptors (Lipinski definition) is 4. The Hall–Kier alpha value is -2.95. The fourth-order valence-electron chi connectivity index (χ4n) is 4.82. The molecule has 3 N–H and O–H groups in total. The fraction of sp³-hybridized carbons (Fsp3) is 0.400. The Morgan fingerprint density at radius 1 is 1.23 bits per heavy atom. The summed E-state index contributed by atoms with van der Waals surface area (Å²) >= 11 is 0. The molecular weight excluding hydrogens is 374 g/mol. The molecule has 1 aromatic carbocycles. The first kappa shape index (κ1) is 19.0. The molecule has 1 aromatic heterocycles. The van der Waals surface area contributed by atoms with Crippen molar-refractivity contribution in [2.75, 3.05) is 13.2 Å². The summed E-state index contributed by atoms with van der Waals surface area (Å²) in [6, 6.07) is 8.86. The molecule has 0 radical (unpaired) electrons. The van der Waals surface area contributed by atoms with Gasteiger partial charge in [0.25, 0.3) is 6.02 Å². The van der Waals surface area contributed by atoms with Gasteiger partial charge in [-0.3, -0.25) is 0 Å². The Morgan fingerprint density at radius 3 is 2.80 bits per heavy atom. The van der Waals surface area contributed by atoms with E-state index in [9.17, 15) is 0 Å². The van der Waals surface area contributed by atoms with Crippen LogP contribution in [0.1, 0.15) is 50.7 Å². The molecule has 156 valence electrons. The molecule has 1 aliphatic carbocycles. The quantitative estimate of drug-likeness (QED) is 0.824. The summed E-state index contributed by atoms with van der Waals surface area (Å²) in [7, 11) is 0. The summed E-state index contributed by atoms with van der Waals surface area (Å²) in [5.41, 5.74) is 9.00. The lowest BCUT2D eigenvalue weighted by Gasteiger charge is -2.39. The Bertz CT molecular complexity index is 1150. The average Bonchev–Trinajstić information content (AvgIpc) is 3.24. The number of amidine groups is 1. The Labute approximate surface area is 177 Å². The van der Waals surface area contributed by atoms with Crippen molar-refractivity contribution < 1.29 is 9.47 Å². The van der Waals surface area contributed by atoms with E-state index in [4.69, 9.17) is 20.2 Å². The lowest BCUT2D eigenvalue weighted by molar-refractivity contribution is 0.0871. The molecule has 5 heteroatoms. The number of unbranched alkanes of at least 4 members (excludes halogenated alkanes) is 1. The molecular formula is C25H29N3O2. The maximum atomic E-state index is 6.16.